The number of fused-ring (bicyclic) bond motifs is 4. The van der Waals surface area contributed by atoms with E-state index < -0.39 is 6.10 Å². The first-order valence-electron chi connectivity index (χ1n) is 10.6. The molecule has 154 valence electrons. The van der Waals surface area contributed by atoms with E-state index in [1.165, 1.54) is 12.0 Å². The summed E-state index contributed by atoms with van der Waals surface area (Å²) in [4.78, 5) is 6.96. The Bertz CT molecular complexity index is 897. The summed E-state index contributed by atoms with van der Waals surface area (Å²) >= 11 is 0. The number of aryl methyl sites for hydroxylation is 1. The minimum absolute atomic E-state index is 0.168. The van der Waals surface area contributed by atoms with E-state index in [0.29, 0.717) is 24.2 Å². The van der Waals surface area contributed by atoms with E-state index in [1.54, 1.807) is 7.11 Å². The summed E-state index contributed by atoms with van der Waals surface area (Å²) in [5.41, 5.74) is 3.11. The van der Waals surface area contributed by atoms with Crippen LogP contribution in [0.4, 0.5) is 0 Å². The number of nitrogens with one attached hydrogen (secondary N) is 1. The van der Waals surface area contributed by atoms with Gasteiger partial charge in [0.15, 0.2) is 5.90 Å². The minimum atomic E-state index is -0.508. The molecular weight excluding hydrogens is 362 g/mol. The molecule has 5 rings (SSSR count). The molecule has 29 heavy (non-hydrogen) atoms. The van der Waals surface area contributed by atoms with Crippen molar-refractivity contribution < 1.29 is 9.84 Å². The number of aliphatic hydroxyl groups is 1. The van der Waals surface area contributed by atoms with Crippen molar-refractivity contribution in [2.45, 2.75) is 44.2 Å². The molecule has 3 saturated heterocycles. The third kappa shape index (κ3) is 4.07. The molecule has 0 saturated carbocycles. The lowest BCUT2D eigenvalue weighted by Gasteiger charge is -2.50. The van der Waals surface area contributed by atoms with E-state index in [0.717, 1.165) is 48.8 Å². The molecule has 1 unspecified atom stereocenters. The number of piperidine rings is 3. The van der Waals surface area contributed by atoms with Crippen LogP contribution in [0.2, 0.25) is 0 Å². The molecule has 0 spiro atoms. The zero-order valence-corrected chi connectivity index (χ0v) is 17.2. The molecule has 1 aromatic carbocycles. The summed E-state index contributed by atoms with van der Waals surface area (Å²) in [5.74, 6) is 1.51. The highest BCUT2D eigenvalue weighted by atomic mass is 16.5. The van der Waals surface area contributed by atoms with E-state index in [2.05, 4.69) is 34.7 Å². The van der Waals surface area contributed by atoms with Gasteiger partial charge in [0, 0.05) is 30.6 Å². The van der Waals surface area contributed by atoms with Crippen molar-refractivity contribution in [1.82, 2.24) is 9.88 Å². The van der Waals surface area contributed by atoms with Gasteiger partial charge in [-0.05, 0) is 73.4 Å². The van der Waals surface area contributed by atoms with Gasteiger partial charge in [-0.15, -0.1) is 6.58 Å². The van der Waals surface area contributed by atoms with Crippen molar-refractivity contribution in [3.05, 3.63) is 54.2 Å². The Kier molecular flexibility index (Phi) is 5.97. The molecule has 5 nitrogen and oxygen atoms in total. The molecule has 2 bridgehead atoms. The van der Waals surface area contributed by atoms with E-state index in [9.17, 15) is 5.11 Å². The first kappa shape index (κ1) is 20.0. The quantitative estimate of drug-likeness (QED) is 0.422. The fraction of sp³-hybridized carbons (Fsp3) is 0.500. The number of aromatic nitrogens is 1. The summed E-state index contributed by atoms with van der Waals surface area (Å²) < 4.78 is 4.95. The maximum atomic E-state index is 11.4. The fourth-order valence-corrected chi connectivity index (χ4v) is 5.10. The number of nitrogens with zero attached hydrogens (tertiary/aromatic N) is 2. The van der Waals surface area contributed by atoms with Crippen molar-refractivity contribution in [3.8, 4) is 0 Å². The maximum Gasteiger partial charge on any atom is 0.180 e. The van der Waals surface area contributed by atoms with Crippen LogP contribution in [0.3, 0.4) is 0 Å². The Labute approximate surface area is 172 Å². The first-order valence-corrected chi connectivity index (χ1v) is 10.6. The summed E-state index contributed by atoms with van der Waals surface area (Å²) in [6.07, 6.45) is 8.02. The van der Waals surface area contributed by atoms with Gasteiger partial charge in [0.1, 0.15) is 0 Å². The van der Waals surface area contributed by atoms with Gasteiger partial charge in [0.05, 0.1) is 18.7 Å². The normalized spacial score (nSPS) is 27.0. The van der Waals surface area contributed by atoms with Gasteiger partial charge >= 0.3 is 0 Å². The maximum absolute atomic E-state index is 11.4. The smallest absolute Gasteiger partial charge is 0.180 e. The van der Waals surface area contributed by atoms with Crippen LogP contribution in [0.5, 0.6) is 0 Å². The second-order valence-corrected chi connectivity index (χ2v) is 8.42. The first-order chi connectivity index (χ1) is 14.1. The summed E-state index contributed by atoms with van der Waals surface area (Å²) in [5, 5.41) is 20.0. The topological polar surface area (TPSA) is 69.4 Å². The Morgan fingerprint density at radius 2 is 2.31 bits per heavy atom. The molecule has 2 aromatic rings. The summed E-state index contributed by atoms with van der Waals surface area (Å²) in [6.45, 7) is 6.08. The molecular formula is C24H31N3O2. The van der Waals surface area contributed by atoms with Gasteiger partial charge in [0.2, 0.25) is 0 Å². The van der Waals surface area contributed by atoms with Crippen LogP contribution in [-0.2, 0) is 11.2 Å². The highest BCUT2D eigenvalue weighted by molar-refractivity contribution is 5.83. The minimum Gasteiger partial charge on any atom is -0.484 e. The lowest BCUT2D eigenvalue weighted by molar-refractivity contribution is -0.0444. The molecule has 4 heterocycles. The molecule has 5 atom stereocenters. The highest BCUT2D eigenvalue weighted by Crippen LogP contribution is 2.42. The number of ether oxygens (including phenoxy) is 1. The number of pyridine rings is 1. The number of aliphatic hydroxyl groups excluding tert-OH is 1. The molecule has 0 aliphatic carbocycles. The van der Waals surface area contributed by atoms with Gasteiger partial charge < -0.3 is 9.84 Å². The molecule has 2 N–H and O–H groups in total. The lowest BCUT2D eigenvalue weighted by atomic mass is 9.73. The molecule has 0 radical (unpaired) electrons. The van der Waals surface area contributed by atoms with Crippen molar-refractivity contribution in [2.24, 2.45) is 11.8 Å². The number of benzene rings is 1. The standard InChI is InChI=1S/C24H31N3O2/c1-3-17-15-27-12-10-18(17)14-22(27)24(28)19-9-11-26-21-8-7-16(13-20(19)21)5-4-6-23(25)29-2/h3,7-9,11,13,17-18,22,24-25,28H,1,4-6,10,12,14-15H2,2H3/t17-,18-,22+,24-/m0/s1. The van der Waals surface area contributed by atoms with E-state index >= 15 is 0 Å². The van der Waals surface area contributed by atoms with Gasteiger partial charge in [-0.2, -0.15) is 0 Å². The zero-order valence-electron chi connectivity index (χ0n) is 17.2. The van der Waals surface area contributed by atoms with Crippen molar-refractivity contribution in [1.29, 1.82) is 5.41 Å². The lowest BCUT2D eigenvalue weighted by Crippen LogP contribution is -2.54. The average Bonchev–Trinajstić information content (AvgIpc) is 2.78. The third-order valence-electron chi connectivity index (χ3n) is 6.79. The van der Waals surface area contributed by atoms with Crippen LogP contribution < -0.4 is 0 Å². The Balaban J connectivity index is 1.56. The monoisotopic (exact) mass is 393 g/mol. The number of rotatable bonds is 7. The third-order valence-corrected chi connectivity index (χ3v) is 6.79. The summed E-state index contributed by atoms with van der Waals surface area (Å²) in [6, 6.07) is 8.46. The molecule has 5 heteroatoms. The van der Waals surface area contributed by atoms with Crippen LogP contribution in [0.1, 0.15) is 42.9 Å². The van der Waals surface area contributed by atoms with Crippen LogP contribution in [0, 0.1) is 17.2 Å². The predicted octanol–water partition coefficient (Wildman–Crippen LogP) is 4.11. The second kappa shape index (κ2) is 8.64. The van der Waals surface area contributed by atoms with Crippen LogP contribution in [-0.4, -0.2) is 47.1 Å². The molecule has 3 aliphatic rings. The Morgan fingerprint density at radius 3 is 3.03 bits per heavy atom. The Hall–Kier alpha value is -2.24. The fourth-order valence-electron chi connectivity index (χ4n) is 5.10. The average molecular weight is 394 g/mol. The van der Waals surface area contributed by atoms with Gasteiger partial charge in [0.25, 0.3) is 0 Å². The molecule has 0 amide bonds. The van der Waals surface area contributed by atoms with Crippen molar-refractivity contribution >= 4 is 16.8 Å². The van der Waals surface area contributed by atoms with E-state index in [4.69, 9.17) is 10.1 Å². The molecule has 3 aliphatic heterocycles. The van der Waals surface area contributed by atoms with E-state index in [1.807, 2.05) is 18.3 Å². The van der Waals surface area contributed by atoms with Gasteiger partial charge in [-0.25, -0.2) is 0 Å². The van der Waals surface area contributed by atoms with Gasteiger partial charge in [-0.3, -0.25) is 15.3 Å². The highest BCUT2D eigenvalue weighted by Gasteiger charge is 2.42. The zero-order chi connectivity index (χ0) is 20.4. The largest absolute Gasteiger partial charge is 0.484 e. The van der Waals surface area contributed by atoms with E-state index in [-0.39, 0.29) is 6.04 Å². The number of hydrogen-bond acceptors (Lipinski definition) is 5. The van der Waals surface area contributed by atoms with Crippen LogP contribution >= 0.6 is 0 Å². The predicted molar refractivity (Wildman–Crippen MR) is 116 cm³/mol. The second-order valence-electron chi connectivity index (χ2n) is 8.42. The number of hydrogen-bond donors (Lipinski definition) is 2. The molecule has 1 aromatic heterocycles. The van der Waals surface area contributed by atoms with Crippen LogP contribution in [0.15, 0.2) is 43.1 Å². The SMILES string of the molecule is C=C[C@H]1CN2CC[C@H]1C[C@@H]2[C@@H](O)c1ccnc2ccc(CCCC(=N)OC)cc12. The number of methoxy groups -OCH3 is 1. The summed E-state index contributed by atoms with van der Waals surface area (Å²) in [7, 11) is 1.54. The van der Waals surface area contributed by atoms with Gasteiger partial charge in [-0.1, -0.05) is 12.1 Å². The Morgan fingerprint density at radius 1 is 1.45 bits per heavy atom. The molecule has 3 fully saturated rings. The van der Waals surface area contributed by atoms with Crippen LogP contribution in [0.25, 0.3) is 10.9 Å². The van der Waals surface area contributed by atoms with Crippen molar-refractivity contribution in [2.75, 3.05) is 20.2 Å². The van der Waals surface area contributed by atoms with Crippen molar-refractivity contribution in [3.63, 3.8) is 0 Å².